The molecule has 0 spiro atoms. The number of nitrogens with one attached hydrogen (secondary N) is 1. The molecule has 1 aliphatic carbocycles. The summed E-state index contributed by atoms with van der Waals surface area (Å²) in [5.41, 5.74) is 0. The maximum atomic E-state index is 12.5. The molecule has 1 unspecified atom stereocenters. The second-order valence-corrected chi connectivity index (χ2v) is 5.94. The fraction of sp³-hybridized carbons (Fsp3) is 0.929. The molecular weight excluding hydrogens is 228 g/mol. The molecule has 1 saturated carbocycles. The van der Waals surface area contributed by atoms with Crippen molar-refractivity contribution < 1.29 is 9.53 Å². The van der Waals surface area contributed by atoms with E-state index < -0.39 is 0 Å². The number of nitrogens with zero attached hydrogens (tertiary/aromatic N) is 1. The molecule has 2 heterocycles. The van der Waals surface area contributed by atoms with E-state index in [0.29, 0.717) is 12.0 Å². The molecule has 102 valence electrons. The Hall–Kier alpha value is -0.610. The molecule has 1 N–H and O–H groups in total. The van der Waals surface area contributed by atoms with Gasteiger partial charge in [0.25, 0.3) is 5.91 Å². The zero-order chi connectivity index (χ0) is 12.4. The first-order valence-corrected chi connectivity index (χ1v) is 7.47. The van der Waals surface area contributed by atoms with Crippen LogP contribution in [0.4, 0.5) is 0 Å². The van der Waals surface area contributed by atoms with Gasteiger partial charge in [0, 0.05) is 19.2 Å². The minimum Gasteiger partial charge on any atom is -0.368 e. The largest absolute Gasteiger partial charge is 0.368 e. The van der Waals surface area contributed by atoms with Crippen molar-refractivity contribution in [1.29, 1.82) is 0 Å². The SMILES string of the molecule is O=C([C@H]1CCCO1)N(CC1CCCNC1)C1CC1. The lowest BCUT2D eigenvalue weighted by Gasteiger charge is -2.31. The molecule has 0 radical (unpaired) electrons. The quantitative estimate of drug-likeness (QED) is 0.816. The molecule has 3 rings (SSSR count). The van der Waals surface area contributed by atoms with Crippen molar-refractivity contribution in [2.45, 2.75) is 50.7 Å². The summed E-state index contributed by atoms with van der Waals surface area (Å²) in [4.78, 5) is 14.6. The Bertz CT molecular complexity index is 292. The summed E-state index contributed by atoms with van der Waals surface area (Å²) in [6, 6.07) is 0.517. The van der Waals surface area contributed by atoms with Crippen LogP contribution in [0.25, 0.3) is 0 Å². The number of hydrogen-bond acceptors (Lipinski definition) is 3. The Labute approximate surface area is 109 Å². The third-order valence-electron chi connectivity index (χ3n) is 4.33. The van der Waals surface area contributed by atoms with E-state index in [0.717, 1.165) is 39.1 Å². The van der Waals surface area contributed by atoms with Crippen molar-refractivity contribution in [2.24, 2.45) is 5.92 Å². The van der Waals surface area contributed by atoms with Crippen LogP contribution in [-0.4, -0.2) is 49.2 Å². The zero-order valence-electron chi connectivity index (χ0n) is 11.1. The van der Waals surface area contributed by atoms with Gasteiger partial charge in [-0.1, -0.05) is 0 Å². The van der Waals surface area contributed by atoms with Crippen molar-refractivity contribution in [1.82, 2.24) is 10.2 Å². The van der Waals surface area contributed by atoms with Gasteiger partial charge in [0.05, 0.1) is 0 Å². The fourth-order valence-electron chi connectivity index (χ4n) is 3.12. The van der Waals surface area contributed by atoms with Gasteiger partial charge in [0.1, 0.15) is 6.10 Å². The molecule has 0 aromatic rings. The number of carbonyl (C=O) groups excluding carboxylic acids is 1. The number of amides is 1. The molecule has 0 bridgehead atoms. The Morgan fingerprint density at radius 2 is 2.11 bits per heavy atom. The Kier molecular flexibility index (Phi) is 3.85. The lowest BCUT2D eigenvalue weighted by Crippen LogP contribution is -2.45. The third kappa shape index (κ3) is 2.86. The van der Waals surface area contributed by atoms with E-state index in [9.17, 15) is 4.79 Å². The Balaban J connectivity index is 1.58. The normalized spacial score (nSPS) is 32.4. The van der Waals surface area contributed by atoms with Gasteiger partial charge in [0.2, 0.25) is 0 Å². The predicted octanol–water partition coefficient (Wildman–Crippen LogP) is 1.16. The number of ether oxygens (including phenoxy) is 1. The van der Waals surface area contributed by atoms with Gasteiger partial charge in [-0.05, 0) is 57.5 Å². The molecular formula is C14H24N2O2. The smallest absolute Gasteiger partial charge is 0.251 e. The highest BCUT2D eigenvalue weighted by Gasteiger charge is 2.38. The standard InChI is InChI=1S/C14H24N2O2/c17-14(13-4-2-8-18-13)16(12-5-6-12)10-11-3-1-7-15-9-11/h11-13,15H,1-10H2/t11?,13-/m1/s1. The van der Waals surface area contributed by atoms with Crippen LogP contribution < -0.4 is 5.32 Å². The molecule has 4 nitrogen and oxygen atoms in total. The molecule has 0 aromatic carbocycles. The highest BCUT2D eigenvalue weighted by atomic mass is 16.5. The van der Waals surface area contributed by atoms with Crippen LogP contribution in [0.2, 0.25) is 0 Å². The zero-order valence-corrected chi connectivity index (χ0v) is 11.1. The topological polar surface area (TPSA) is 41.6 Å². The van der Waals surface area contributed by atoms with Crippen molar-refractivity contribution >= 4 is 5.91 Å². The van der Waals surface area contributed by atoms with Crippen LogP contribution in [0.1, 0.15) is 38.5 Å². The monoisotopic (exact) mass is 252 g/mol. The van der Waals surface area contributed by atoms with E-state index in [2.05, 4.69) is 10.2 Å². The first-order chi connectivity index (χ1) is 8.84. The van der Waals surface area contributed by atoms with Crippen molar-refractivity contribution in [3.63, 3.8) is 0 Å². The van der Waals surface area contributed by atoms with Crippen LogP contribution in [-0.2, 0) is 9.53 Å². The first kappa shape index (κ1) is 12.4. The Morgan fingerprint density at radius 3 is 2.72 bits per heavy atom. The van der Waals surface area contributed by atoms with Crippen LogP contribution in [0.5, 0.6) is 0 Å². The van der Waals surface area contributed by atoms with E-state index in [1.54, 1.807) is 0 Å². The maximum absolute atomic E-state index is 12.5. The second kappa shape index (κ2) is 5.57. The maximum Gasteiger partial charge on any atom is 0.251 e. The Morgan fingerprint density at radius 1 is 1.22 bits per heavy atom. The highest BCUT2D eigenvalue weighted by Crippen LogP contribution is 2.30. The van der Waals surface area contributed by atoms with Gasteiger partial charge in [-0.25, -0.2) is 0 Å². The predicted molar refractivity (Wildman–Crippen MR) is 69.3 cm³/mol. The van der Waals surface area contributed by atoms with Crippen molar-refractivity contribution in [3.05, 3.63) is 0 Å². The minimum absolute atomic E-state index is 0.137. The van der Waals surface area contributed by atoms with E-state index in [4.69, 9.17) is 4.74 Å². The number of rotatable bonds is 4. The molecule has 0 aromatic heterocycles. The third-order valence-corrected chi connectivity index (χ3v) is 4.33. The van der Waals surface area contributed by atoms with Gasteiger partial charge in [-0.3, -0.25) is 4.79 Å². The van der Waals surface area contributed by atoms with Crippen LogP contribution in [0.15, 0.2) is 0 Å². The van der Waals surface area contributed by atoms with E-state index in [-0.39, 0.29) is 12.0 Å². The highest BCUT2D eigenvalue weighted by molar-refractivity contribution is 5.81. The summed E-state index contributed by atoms with van der Waals surface area (Å²) in [7, 11) is 0. The molecule has 1 amide bonds. The molecule has 2 atom stereocenters. The van der Waals surface area contributed by atoms with Gasteiger partial charge < -0.3 is 15.0 Å². The second-order valence-electron chi connectivity index (χ2n) is 5.94. The van der Waals surface area contributed by atoms with E-state index in [1.165, 1.54) is 25.7 Å². The molecule has 2 saturated heterocycles. The summed E-state index contributed by atoms with van der Waals surface area (Å²) in [6.45, 7) is 3.91. The summed E-state index contributed by atoms with van der Waals surface area (Å²) in [6.07, 6.45) is 6.72. The number of hydrogen-bond donors (Lipinski definition) is 1. The van der Waals surface area contributed by atoms with Crippen molar-refractivity contribution in [3.8, 4) is 0 Å². The van der Waals surface area contributed by atoms with E-state index in [1.807, 2.05) is 0 Å². The van der Waals surface area contributed by atoms with Gasteiger partial charge in [-0.2, -0.15) is 0 Å². The van der Waals surface area contributed by atoms with Crippen LogP contribution in [0.3, 0.4) is 0 Å². The molecule has 2 aliphatic heterocycles. The summed E-state index contributed by atoms with van der Waals surface area (Å²) in [5, 5.41) is 3.44. The van der Waals surface area contributed by atoms with Crippen molar-refractivity contribution in [2.75, 3.05) is 26.2 Å². The number of carbonyl (C=O) groups is 1. The summed E-state index contributed by atoms with van der Waals surface area (Å²) in [5.74, 6) is 0.908. The summed E-state index contributed by atoms with van der Waals surface area (Å²) >= 11 is 0. The average Bonchev–Trinajstić information content (AvgIpc) is 3.10. The minimum atomic E-state index is -0.137. The van der Waals surface area contributed by atoms with Crippen LogP contribution >= 0.6 is 0 Å². The fourth-order valence-corrected chi connectivity index (χ4v) is 3.12. The number of piperidine rings is 1. The first-order valence-electron chi connectivity index (χ1n) is 7.47. The van der Waals surface area contributed by atoms with Gasteiger partial charge in [-0.15, -0.1) is 0 Å². The average molecular weight is 252 g/mol. The molecule has 3 aliphatic rings. The van der Waals surface area contributed by atoms with Crippen LogP contribution in [0, 0.1) is 5.92 Å². The lowest BCUT2D eigenvalue weighted by molar-refractivity contribution is -0.142. The molecule has 3 fully saturated rings. The van der Waals surface area contributed by atoms with Gasteiger partial charge in [0.15, 0.2) is 0 Å². The lowest BCUT2D eigenvalue weighted by atomic mass is 9.98. The van der Waals surface area contributed by atoms with Gasteiger partial charge >= 0.3 is 0 Å². The summed E-state index contributed by atoms with van der Waals surface area (Å²) < 4.78 is 5.56. The molecule has 18 heavy (non-hydrogen) atoms. The molecule has 4 heteroatoms. The van der Waals surface area contributed by atoms with E-state index >= 15 is 0 Å².